The van der Waals surface area contributed by atoms with E-state index in [1.54, 1.807) is 12.1 Å². The molecule has 1 atom stereocenters. The molecule has 1 aliphatic heterocycles. The minimum Gasteiger partial charge on any atom is -0.495 e. The molecular formula is C17H23ClN2O5. The van der Waals surface area contributed by atoms with Crippen LogP contribution in [0.5, 0.6) is 11.5 Å². The van der Waals surface area contributed by atoms with Crippen LogP contribution in [0.4, 0.5) is 5.69 Å². The number of rotatable bonds is 7. The van der Waals surface area contributed by atoms with Gasteiger partial charge in [0.05, 0.1) is 24.9 Å². The van der Waals surface area contributed by atoms with Crippen LogP contribution in [-0.2, 0) is 14.3 Å². The van der Waals surface area contributed by atoms with E-state index in [4.69, 9.17) is 25.8 Å². The van der Waals surface area contributed by atoms with Gasteiger partial charge in [0, 0.05) is 38.8 Å². The summed E-state index contributed by atoms with van der Waals surface area (Å²) in [5.41, 5.74) is 0.530. The number of methoxy groups -OCH3 is 2. The van der Waals surface area contributed by atoms with Gasteiger partial charge in [0.2, 0.25) is 11.8 Å². The summed E-state index contributed by atoms with van der Waals surface area (Å²) < 4.78 is 15.9. The van der Waals surface area contributed by atoms with Crippen molar-refractivity contribution in [2.75, 3.05) is 38.8 Å². The lowest BCUT2D eigenvalue weighted by atomic mass is 10.2. The molecule has 0 radical (unpaired) electrons. The average Bonchev–Trinajstić information content (AvgIpc) is 3.13. The molecule has 1 unspecified atom stereocenters. The van der Waals surface area contributed by atoms with Crippen LogP contribution in [0.2, 0.25) is 5.02 Å². The van der Waals surface area contributed by atoms with Crippen molar-refractivity contribution in [3.05, 3.63) is 17.2 Å². The maximum atomic E-state index is 12.1. The summed E-state index contributed by atoms with van der Waals surface area (Å²) >= 11 is 6.10. The molecule has 7 nitrogen and oxygen atoms in total. The van der Waals surface area contributed by atoms with Gasteiger partial charge < -0.3 is 24.4 Å². The number of nitrogens with one attached hydrogen (secondary N) is 1. The topological polar surface area (TPSA) is 77.1 Å². The fourth-order valence-corrected chi connectivity index (χ4v) is 2.92. The highest BCUT2D eigenvalue weighted by Gasteiger charge is 2.24. The van der Waals surface area contributed by atoms with E-state index < -0.39 is 6.10 Å². The van der Waals surface area contributed by atoms with Crippen LogP contribution >= 0.6 is 11.6 Å². The highest BCUT2D eigenvalue weighted by molar-refractivity contribution is 6.32. The molecule has 1 aromatic rings. The van der Waals surface area contributed by atoms with Crippen LogP contribution < -0.4 is 19.7 Å². The standard InChI is InChI=1S/C17H23ClN2O5/c1-11(21)20(7-6-19-17(22)14-5-4-8-25-14)13-10-15(23-2)12(18)9-16(13)24-3/h9-10,14H,4-8H2,1-3H3,(H,19,22). The van der Waals surface area contributed by atoms with Gasteiger partial charge >= 0.3 is 0 Å². The maximum absolute atomic E-state index is 12.1. The molecule has 1 fully saturated rings. The Morgan fingerprint density at radius 1 is 1.32 bits per heavy atom. The van der Waals surface area contributed by atoms with Crippen LogP contribution in [0.15, 0.2) is 12.1 Å². The molecule has 0 saturated carbocycles. The number of carbonyl (C=O) groups excluding carboxylic acids is 2. The zero-order valence-corrected chi connectivity index (χ0v) is 15.4. The van der Waals surface area contributed by atoms with E-state index in [2.05, 4.69) is 5.32 Å². The molecule has 0 bridgehead atoms. The number of halogens is 1. The minimum absolute atomic E-state index is 0.151. The molecule has 0 spiro atoms. The quantitative estimate of drug-likeness (QED) is 0.794. The molecule has 1 aliphatic rings. The first kappa shape index (κ1) is 19.3. The molecule has 8 heteroatoms. The first-order valence-electron chi connectivity index (χ1n) is 8.06. The Bertz CT molecular complexity index is 632. The van der Waals surface area contributed by atoms with E-state index in [0.717, 1.165) is 12.8 Å². The molecule has 0 aromatic heterocycles. The number of benzene rings is 1. The smallest absolute Gasteiger partial charge is 0.249 e. The van der Waals surface area contributed by atoms with E-state index >= 15 is 0 Å². The zero-order chi connectivity index (χ0) is 18.4. The van der Waals surface area contributed by atoms with Crippen molar-refractivity contribution in [3.8, 4) is 11.5 Å². The SMILES string of the molecule is COc1cc(N(CCNC(=O)C2CCCO2)C(C)=O)c(OC)cc1Cl. The van der Waals surface area contributed by atoms with Gasteiger partial charge in [0.25, 0.3) is 0 Å². The lowest BCUT2D eigenvalue weighted by Gasteiger charge is -2.24. The summed E-state index contributed by atoms with van der Waals surface area (Å²) in [5, 5.41) is 3.19. The van der Waals surface area contributed by atoms with Gasteiger partial charge in [-0.3, -0.25) is 9.59 Å². The van der Waals surface area contributed by atoms with Crippen LogP contribution in [-0.4, -0.2) is 51.8 Å². The Labute approximate surface area is 152 Å². The molecule has 1 heterocycles. The first-order valence-corrected chi connectivity index (χ1v) is 8.44. The van der Waals surface area contributed by atoms with Crippen LogP contribution in [0.3, 0.4) is 0 Å². The predicted molar refractivity (Wildman–Crippen MR) is 94.6 cm³/mol. The number of ether oxygens (including phenoxy) is 3. The highest BCUT2D eigenvalue weighted by Crippen LogP contribution is 2.38. The van der Waals surface area contributed by atoms with E-state index in [-0.39, 0.29) is 18.4 Å². The number of amides is 2. The summed E-state index contributed by atoms with van der Waals surface area (Å²) in [4.78, 5) is 25.6. The van der Waals surface area contributed by atoms with Gasteiger partial charge in [-0.05, 0) is 12.8 Å². The van der Waals surface area contributed by atoms with Crippen molar-refractivity contribution in [3.63, 3.8) is 0 Å². The van der Waals surface area contributed by atoms with Crippen molar-refractivity contribution in [1.29, 1.82) is 0 Å². The third-order valence-electron chi connectivity index (χ3n) is 3.98. The fourth-order valence-electron chi connectivity index (χ4n) is 2.69. The largest absolute Gasteiger partial charge is 0.495 e. The minimum atomic E-state index is -0.393. The van der Waals surface area contributed by atoms with Gasteiger partial charge in [-0.1, -0.05) is 11.6 Å². The second-order valence-corrected chi connectivity index (χ2v) is 6.03. The van der Waals surface area contributed by atoms with Crippen LogP contribution in [0.1, 0.15) is 19.8 Å². The van der Waals surface area contributed by atoms with E-state index in [1.807, 2.05) is 0 Å². The van der Waals surface area contributed by atoms with Crippen LogP contribution in [0.25, 0.3) is 0 Å². The zero-order valence-electron chi connectivity index (χ0n) is 14.6. The molecule has 1 N–H and O–H groups in total. The second kappa shape index (κ2) is 8.92. The number of nitrogens with zero attached hydrogens (tertiary/aromatic N) is 1. The third-order valence-corrected chi connectivity index (χ3v) is 4.28. The fraction of sp³-hybridized carbons (Fsp3) is 0.529. The van der Waals surface area contributed by atoms with E-state index in [9.17, 15) is 9.59 Å². The highest BCUT2D eigenvalue weighted by atomic mass is 35.5. The Morgan fingerprint density at radius 2 is 2.04 bits per heavy atom. The van der Waals surface area contributed by atoms with Crippen molar-refractivity contribution in [2.24, 2.45) is 0 Å². The maximum Gasteiger partial charge on any atom is 0.249 e. The predicted octanol–water partition coefficient (Wildman–Crippen LogP) is 2.01. The lowest BCUT2D eigenvalue weighted by Crippen LogP contribution is -2.41. The normalized spacial score (nSPS) is 16.4. The molecule has 25 heavy (non-hydrogen) atoms. The Hall–Kier alpha value is -1.99. The average molecular weight is 371 g/mol. The Kier molecular flexibility index (Phi) is 6.90. The van der Waals surface area contributed by atoms with Crippen molar-refractivity contribution in [1.82, 2.24) is 5.32 Å². The third kappa shape index (κ3) is 4.76. The molecule has 0 aliphatic carbocycles. The summed E-state index contributed by atoms with van der Waals surface area (Å²) in [6.45, 7) is 2.64. The van der Waals surface area contributed by atoms with Gasteiger partial charge in [-0.15, -0.1) is 0 Å². The summed E-state index contributed by atoms with van der Waals surface area (Å²) in [6, 6.07) is 3.24. The summed E-state index contributed by atoms with van der Waals surface area (Å²) in [6.07, 6.45) is 1.22. The Morgan fingerprint density at radius 3 is 2.60 bits per heavy atom. The molecule has 1 aromatic carbocycles. The monoisotopic (exact) mass is 370 g/mol. The van der Waals surface area contributed by atoms with Gasteiger partial charge in [-0.25, -0.2) is 0 Å². The Balaban J connectivity index is 2.09. The number of carbonyl (C=O) groups is 2. The molecule has 1 saturated heterocycles. The van der Waals surface area contributed by atoms with Crippen LogP contribution in [0, 0.1) is 0 Å². The molecular weight excluding hydrogens is 348 g/mol. The molecule has 2 amide bonds. The summed E-state index contributed by atoms with van der Waals surface area (Å²) in [5.74, 6) is 0.550. The van der Waals surface area contributed by atoms with Crippen molar-refractivity contribution < 1.29 is 23.8 Å². The number of anilines is 1. The van der Waals surface area contributed by atoms with E-state index in [0.29, 0.717) is 35.4 Å². The molecule has 2 rings (SSSR count). The van der Waals surface area contributed by atoms with E-state index in [1.165, 1.54) is 26.0 Å². The number of hydrogen-bond acceptors (Lipinski definition) is 5. The summed E-state index contributed by atoms with van der Waals surface area (Å²) in [7, 11) is 3.00. The second-order valence-electron chi connectivity index (χ2n) is 5.62. The van der Waals surface area contributed by atoms with Gasteiger partial charge in [-0.2, -0.15) is 0 Å². The lowest BCUT2D eigenvalue weighted by molar-refractivity contribution is -0.130. The first-order chi connectivity index (χ1) is 12.0. The molecule has 138 valence electrons. The number of hydrogen-bond donors (Lipinski definition) is 1. The van der Waals surface area contributed by atoms with Gasteiger partial charge in [0.15, 0.2) is 0 Å². The van der Waals surface area contributed by atoms with Crippen molar-refractivity contribution in [2.45, 2.75) is 25.9 Å². The van der Waals surface area contributed by atoms with Crippen molar-refractivity contribution >= 4 is 29.1 Å². The van der Waals surface area contributed by atoms with Gasteiger partial charge in [0.1, 0.15) is 17.6 Å².